The summed E-state index contributed by atoms with van der Waals surface area (Å²) < 4.78 is 4.63. The Kier molecular flexibility index (Phi) is 1.43. The minimum atomic E-state index is 0.303. The van der Waals surface area contributed by atoms with Crippen molar-refractivity contribution < 1.29 is 9.21 Å². The first kappa shape index (κ1) is 5.50. The zero-order valence-electron chi connectivity index (χ0n) is 3.80. The molecule has 0 spiro atoms. The van der Waals surface area contributed by atoms with Gasteiger partial charge >= 0.3 is 0 Å². The van der Waals surface area contributed by atoms with Crippen LogP contribution >= 0.6 is 15.9 Å². The summed E-state index contributed by atoms with van der Waals surface area (Å²) >= 11 is 2.94. The van der Waals surface area contributed by atoms with Gasteiger partial charge in [0.2, 0.25) is 0 Å². The van der Waals surface area contributed by atoms with E-state index >= 15 is 0 Å². The van der Waals surface area contributed by atoms with Gasteiger partial charge in [-0.25, -0.2) is 4.98 Å². The zero-order chi connectivity index (χ0) is 5.98. The van der Waals surface area contributed by atoms with Crippen molar-refractivity contribution in [3.8, 4) is 0 Å². The lowest BCUT2D eigenvalue weighted by atomic mass is 10.6. The second-order valence-corrected chi connectivity index (χ2v) is 1.82. The topological polar surface area (TPSA) is 43.1 Å². The SMILES string of the molecule is O=Cc1coc(Br)n1. The Morgan fingerprint density at radius 1 is 1.88 bits per heavy atom. The van der Waals surface area contributed by atoms with Crippen LogP contribution in [0.15, 0.2) is 15.5 Å². The molecule has 8 heavy (non-hydrogen) atoms. The van der Waals surface area contributed by atoms with Gasteiger partial charge in [0, 0.05) is 15.9 Å². The molecule has 1 rings (SSSR count). The van der Waals surface area contributed by atoms with E-state index < -0.39 is 0 Å². The molecule has 0 amide bonds. The molecule has 42 valence electrons. The third kappa shape index (κ3) is 0.949. The largest absolute Gasteiger partial charge is 0.439 e. The molecule has 0 saturated heterocycles. The van der Waals surface area contributed by atoms with Crippen LogP contribution in [0.5, 0.6) is 0 Å². The summed E-state index contributed by atoms with van der Waals surface area (Å²) in [7, 11) is 0. The Hall–Kier alpha value is -0.640. The number of carbonyl (C=O) groups excluding carboxylic acids is 1. The van der Waals surface area contributed by atoms with Gasteiger partial charge in [0.25, 0.3) is 4.80 Å². The molecule has 0 aliphatic rings. The maximum atomic E-state index is 9.88. The number of oxazole rings is 1. The van der Waals surface area contributed by atoms with Crippen molar-refractivity contribution in [2.24, 2.45) is 0 Å². The van der Waals surface area contributed by atoms with Crippen LogP contribution < -0.4 is 0 Å². The van der Waals surface area contributed by atoms with Gasteiger partial charge in [-0.05, 0) is 0 Å². The summed E-state index contributed by atoms with van der Waals surface area (Å²) in [6.45, 7) is 0. The minimum Gasteiger partial charge on any atom is -0.439 e. The highest BCUT2D eigenvalue weighted by atomic mass is 79.9. The van der Waals surface area contributed by atoms with Gasteiger partial charge in [-0.2, -0.15) is 0 Å². The molecule has 0 bridgehead atoms. The fourth-order valence-corrected chi connectivity index (χ4v) is 0.616. The fourth-order valence-electron chi connectivity index (χ4n) is 0.317. The molecular weight excluding hydrogens is 174 g/mol. The Bertz CT molecular complexity index is 196. The highest BCUT2D eigenvalue weighted by Crippen LogP contribution is 2.05. The van der Waals surface area contributed by atoms with Crippen LogP contribution in [0.2, 0.25) is 0 Å². The van der Waals surface area contributed by atoms with E-state index in [2.05, 4.69) is 25.3 Å². The molecule has 0 aliphatic carbocycles. The van der Waals surface area contributed by atoms with Gasteiger partial charge in [0.15, 0.2) is 6.29 Å². The van der Waals surface area contributed by atoms with Crippen molar-refractivity contribution in [3.05, 3.63) is 16.8 Å². The van der Waals surface area contributed by atoms with Gasteiger partial charge in [-0.1, -0.05) is 0 Å². The number of aldehydes is 1. The van der Waals surface area contributed by atoms with E-state index in [-0.39, 0.29) is 0 Å². The zero-order valence-corrected chi connectivity index (χ0v) is 5.38. The second kappa shape index (κ2) is 2.09. The molecule has 0 saturated carbocycles. The van der Waals surface area contributed by atoms with E-state index in [4.69, 9.17) is 0 Å². The van der Waals surface area contributed by atoms with Crippen molar-refractivity contribution >= 4 is 22.2 Å². The number of rotatable bonds is 1. The van der Waals surface area contributed by atoms with Gasteiger partial charge in [-0.3, -0.25) is 4.79 Å². The highest BCUT2D eigenvalue weighted by Gasteiger charge is 1.95. The molecular formula is C4H2BrNO2. The van der Waals surface area contributed by atoms with Crippen molar-refractivity contribution in [2.45, 2.75) is 0 Å². The van der Waals surface area contributed by atoms with Crippen LogP contribution in [-0.2, 0) is 0 Å². The molecule has 0 unspecified atom stereocenters. The van der Waals surface area contributed by atoms with Crippen molar-refractivity contribution in [1.82, 2.24) is 4.98 Å². The number of carbonyl (C=O) groups is 1. The van der Waals surface area contributed by atoms with E-state index in [1.165, 1.54) is 6.26 Å². The third-order valence-electron chi connectivity index (χ3n) is 0.615. The molecule has 1 aromatic rings. The monoisotopic (exact) mass is 175 g/mol. The van der Waals surface area contributed by atoms with E-state index in [0.29, 0.717) is 16.8 Å². The number of hydrogen-bond acceptors (Lipinski definition) is 3. The number of halogens is 1. The van der Waals surface area contributed by atoms with Gasteiger partial charge in [-0.15, -0.1) is 0 Å². The van der Waals surface area contributed by atoms with Crippen LogP contribution in [0.4, 0.5) is 0 Å². The molecule has 0 N–H and O–H groups in total. The number of nitrogens with zero attached hydrogens (tertiary/aromatic N) is 1. The van der Waals surface area contributed by atoms with E-state index in [0.717, 1.165) is 0 Å². The molecule has 1 aromatic heterocycles. The highest BCUT2D eigenvalue weighted by molar-refractivity contribution is 9.10. The van der Waals surface area contributed by atoms with Gasteiger partial charge in [0.1, 0.15) is 12.0 Å². The first-order chi connectivity index (χ1) is 3.83. The lowest BCUT2D eigenvalue weighted by molar-refractivity contribution is 0.111. The molecule has 0 aliphatic heterocycles. The molecule has 0 atom stereocenters. The summed E-state index contributed by atoms with van der Waals surface area (Å²) in [6, 6.07) is 0. The lowest BCUT2D eigenvalue weighted by Crippen LogP contribution is -1.74. The average molecular weight is 176 g/mol. The van der Waals surface area contributed by atoms with Gasteiger partial charge < -0.3 is 4.42 Å². The average Bonchev–Trinajstić information content (AvgIpc) is 2.14. The standard InChI is InChI=1S/C4H2BrNO2/c5-4-6-3(1-7)2-8-4/h1-2H. The van der Waals surface area contributed by atoms with Gasteiger partial charge in [0.05, 0.1) is 0 Å². The predicted molar refractivity (Wildman–Crippen MR) is 29.6 cm³/mol. The van der Waals surface area contributed by atoms with E-state index in [1.807, 2.05) is 0 Å². The molecule has 0 radical (unpaired) electrons. The Labute approximate surface area is 53.8 Å². The lowest BCUT2D eigenvalue weighted by Gasteiger charge is -1.66. The van der Waals surface area contributed by atoms with Crippen molar-refractivity contribution in [2.75, 3.05) is 0 Å². The predicted octanol–water partition coefficient (Wildman–Crippen LogP) is 1.25. The first-order valence-electron chi connectivity index (χ1n) is 1.89. The number of aromatic nitrogens is 1. The van der Waals surface area contributed by atoms with Crippen molar-refractivity contribution in [3.63, 3.8) is 0 Å². The first-order valence-corrected chi connectivity index (χ1v) is 2.68. The van der Waals surface area contributed by atoms with Crippen LogP contribution in [0.1, 0.15) is 10.5 Å². The third-order valence-corrected chi connectivity index (χ3v) is 0.979. The van der Waals surface area contributed by atoms with Crippen LogP contribution in [0.3, 0.4) is 0 Å². The maximum Gasteiger partial charge on any atom is 0.264 e. The Morgan fingerprint density at radius 2 is 2.62 bits per heavy atom. The fraction of sp³-hybridized carbons (Fsp3) is 0. The van der Waals surface area contributed by atoms with E-state index in [9.17, 15) is 4.79 Å². The summed E-state index contributed by atoms with van der Waals surface area (Å²) in [4.78, 5) is 13.8. The molecule has 1 heterocycles. The summed E-state index contributed by atoms with van der Waals surface area (Å²) in [5.74, 6) is 0. The second-order valence-electron chi connectivity index (χ2n) is 1.14. The van der Waals surface area contributed by atoms with E-state index in [1.54, 1.807) is 0 Å². The summed E-state index contributed by atoms with van der Waals surface area (Å²) in [5, 5.41) is 0. The quantitative estimate of drug-likeness (QED) is 0.604. The molecule has 0 aromatic carbocycles. The van der Waals surface area contributed by atoms with Crippen molar-refractivity contribution in [1.29, 1.82) is 0 Å². The van der Waals surface area contributed by atoms with Crippen LogP contribution in [0.25, 0.3) is 0 Å². The normalized spacial score (nSPS) is 9.12. The van der Waals surface area contributed by atoms with Crippen LogP contribution in [0, 0.1) is 0 Å². The maximum absolute atomic E-state index is 9.88. The summed E-state index contributed by atoms with van der Waals surface area (Å²) in [5.41, 5.74) is 0.303. The smallest absolute Gasteiger partial charge is 0.264 e. The molecule has 4 heteroatoms. The minimum absolute atomic E-state index is 0.303. The molecule has 3 nitrogen and oxygen atoms in total. The molecule has 0 fully saturated rings. The van der Waals surface area contributed by atoms with Crippen LogP contribution in [-0.4, -0.2) is 11.3 Å². The summed E-state index contributed by atoms with van der Waals surface area (Å²) in [6.07, 6.45) is 1.89. The Morgan fingerprint density at radius 3 is 2.88 bits per heavy atom. The number of hydrogen-bond donors (Lipinski definition) is 0. The Balaban J connectivity index is 3.00.